The maximum Gasteiger partial charge on any atom is 0.00705 e. The molecule has 18 heavy (non-hydrogen) atoms. The molecule has 0 aromatic rings. The SMILES string of the molecule is CCCN1CCC(C(C)NC2CCCCC2)CC1. The van der Waals surface area contributed by atoms with Crippen LogP contribution in [-0.4, -0.2) is 36.6 Å². The lowest BCUT2D eigenvalue weighted by atomic mass is 9.88. The molecule has 1 atom stereocenters. The van der Waals surface area contributed by atoms with Gasteiger partial charge in [0.2, 0.25) is 0 Å². The van der Waals surface area contributed by atoms with Gasteiger partial charge in [-0.05, 0) is 64.6 Å². The Morgan fingerprint density at radius 2 is 1.72 bits per heavy atom. The minimum Gasteiger partial charge on any atom is -0.311 e. The van der Waals surface area contributed by atoms with Crippen molar-refractivity contribution in [2.75, 3.05) is 19.6 Å². The fourth-order valence-electron chi connectivity index (χ4n) is 3.77. The minimum atomic E-state index is 0.733. The molecule has 1 aliphatic heterocycles. The van der Waals surface area contributed by atoms with Crippen molar-refractivity contribution in [2.24, 2.45) is 5.92 Å². The summed E-state index contributed by atoms with van der Waals surface area (Å²) in [6.07, 6.45) is 11.3. The lowest BCUT2D eigenvalue weighted by Crippen LogP contribution is -2.46. The quantitative estimate of drug-likeness (QED) is 0.806. The van der Waals surface area contributed by atoms with E-state index in [4.69, 9.17) is 0 Å². The van der Waals surface area contributed by atoms with E-state index in [1.54, 1.807) is 0 Å². The van der Waals surface area contributed by atoms with E-state index < -0.39 is 0 Å². The zero-order valence-corrected chi connectivity index (χ0v) is 12.5. The highest BCUT2D eigenvalue weighted by Crippen LogP contribution is 2.23. The highest BCUT2D eigenvalue weighted by molar-refractivity contribution is 4.83. The average molecular weight is 252 g/mol. The molecule has 1 saturated heterocycles. The summed E-state index contributed by atoms with van der Waals surface area (Å²) >= 11 is 0. The second kappa shape index (κ2) is 7.49. The van der Waals surface area contributed by atoms with Crippen molar-refractivity contribution >= 4 is 0 Å². The van der Waals surface area contributed by atoms with Gasteiger partial charge in [0.25, 0.3) is 0 Å². The van der Waals surface area contributed by atoms with Gasteiger partial charge in [-0.2, -0.15) is 0 Å². The van der Waals surface area contributed by atoms with Crippen LogP contribution in [0.2, 0.25) is 0 Å². The number of hydrogen-bond acceptors (Lipinski definition) is 2. The maximum atomic E-state index is 3.92. The first-order chi connectivity index (χ1) is 8.79. The fraction of sp³-hybridized carbons (Fsp3) is 1.00. The summed E-state index contributed by atoms with van der Waals surface area (Å²) < 4.78 is 0. The van der Waals surface area contributed by atoms with E-state index in [0.717, 1.165) is 18.0 Å². The van der Waals surface area contributed by atoms with Gasteiger partial charge in [0.05, 0.1) is 0 Å². The Morgan fingerprint density at radius 3 is 2.33 bits per heavy atom. The highest BCUT2D eigenvalue weighted by atomic mass is 15.1. The predicted octanol–water partition coefficient (Wildman–Crippen LogP) is 3.42. The molecule has 2 fully saturated rings. The summed E-state index contributed by atoms with van der Waals surface area (Å²) in [5.41, 5.74) is 0. The smallest absolute Gasteiger partial charge is 0.00705 e. The van der Waals surface area contributed by atoms with Crippen LogP contribution >= 0.6 is 0 Å². The summed E-state index contributed by atoms with van der Waals surface area (Å²) in [6, 6.07) is 1.55. The standard InChI is InChI=1S/C16H32N2/c1-3-11-18-12-9-15(10-13-18)14(2)17-16-7-5-4-6-8-16/h14-17H,3-13H2,1-2H3. The van der Waals surface area contributed by atoms with Crippen LogP contribution in [0, 0.1) is 5.92 Å². The van der Waals surface area contributed by atoms with Crippen LogP contribution in [-0.2, 0) is 0 Å². The van der Waals surface area contributed by atoms with E-state index in [0.29, 0.717) is 0 Å². The number of piperidine rings is 1. The number of nitrogens with one attached hydrogen (secondary N) is 1. The molecule has 0 aromatic heterocycles. The number of hydrogen-bond donors (Lipinski definition) is 1. The highest BCUT2D eigenvalue weighted by Gasteiger charge is 2.25. The first kappa shape index (κ1) is 14.3. The van der Waals surface area contributed by atoms with Gasteiger partial charge >= 0.3 is 0 Å². The largest absolute Gasteiger partial charge is 0.311 e. The fourth-order valence-corrected chi connectivity index (χ4v) is 3.77. The molecule has 2 rings (SSSR count). The van der Waals surface area contributed by atoms with Gasteiger partial charge in [0.1, 0.15) is 0 Å². The molecule has 0 bridgehead atoms. The Bertz CT molecular complexity index is 215. The second-order valence-electron chi connectivity index (χ2n) is 6.47. The molecule has 2 aliphatic rings. The molecule has 0 amide bonds. The summed E-state index contributed by atoms with van der Waals surface area (Å²) in [5.74, 6) is 0.917. The van der Waals surface area contributed by atoms with Crippen LogP contribution < -0.4 is 5.32 Å². The molecule has 1 aliphatic carbocycles. The van der Waals surface area contributed by atoms with Crippen molar-refractivity contribution in [1.29, 1.82) is 0 Å². The summed E-state index contributed by atoms with van der Waals surface area (Å²) in [6.45, 7) is 8.68. The molecule has 1 heterocycles. The van der Waals surface area contributed by atoms with Gasteiger partial charge in [0.15, 0.2) is 0 Å². The number of nitrogens with zero attached hydrogens (tertiary/aromatic N) is 1. The first-order valence-corrected chi connectivity index (χ1v) is 8.28. The van der Waals surface area contributed by atoms with Crippen molar-refractivity contribution in [2.45, 2.75) is 77.3 Å². The molecule has 0 aromatic carbocycles. The molecular formula is C16H32N2. The molecule has 0 radical (unpaired) electrons. The third-order valence-electron chi connectivity index (χ3n) is 4.98. The second-order valence-corrected chi connectivity index (χ2v) is 6.47. The number of rotatable bonds is 5. The first-order valence-electron chi connectivity index (χ1n) is 8.28. The molecule has 1 N–H and O–H groups in total. The van der Waals surface area contributed by atoms with Crippen LogP contribution in [0.3, 0.4) is 0 Å². The van der Waals surface area contributed by atoms with E-state index in [1.165, 1.54) is 71.0 Å². The summed E-state index contributed by atoms with van der Waals surface area (Å²) in [7, 11) is 0. The molecule has 1 unspecified atom stereocenters. The molecular weight excluding hydrogens is 220 g/mol. The molecule has 106 valence electrons. The normalized spacial score (nSPS) is 26.3. The van der Waals surface area contributed by atoms with E-state index in [9.17, 15) is 0 Å². The topological polar surface area (TPSA) is 15.3 Å². The van der Waals surface area contributed by atoms with Gasteiger partial charge in [-0.3, -0.25) is 0 Å². The maximum absolute atomic E-state index is 3.92. The zero-order chi connectivity index (χ0) is 12.8. The van der Waals surface area contributed by atoms with Crippen LogP contribution in [0.4, 0.5) is 0 Å². The Labute approximate surface area is 114 Å². The molecule has 2 heteroatoms. The van der Waals surface area contributed by atoms with E-state index in [2.05, 4.69) is 24.1 Å². The Balaban J connectivity index is 1.68. The number of likely N-dealkylation sites (tertiary alicyclic amines) is 1. The molecule has 1 saturated carbocycles. The van der Waals surface area contributed by atoms with E-state index in [1.807, 2.05) is 0 Å². The Hall–Kier alpha value is -0.0800. The Kier molecular flexibility index (Phi) is 5.97. The molecule has 0 spiro atoms. The van der Waals surface area contributed by atoms with Crippen LogP contribution in [0.5, 0.6) is 0 Å². The van der Waals surface area contributed by atoms with Crippen molar-refractivity contribution in [3.63, 3.8) is 0 Å². The van der Waals surface area contributed by atoms with Crippen LogP contribution in [0.1, 0.15) is 65.2 Å². The van der Waals surface area contributed by atoms with Crippen LogP contribution in [0.15, 0.2) is 0 Å². The predicted molar refractivity (Wildman–Crippen MR) is 78.9 cm³/mol. The van der Waals surface area contributed by atoms with E-state index in [-0.39, 0.29) is 0 Å². The van der Waals surface area contributed by atoms with Gasteiger partial charge < -0.3 is 10.2 Å². The third kappa shape index (κ3) is 4.24. The summed E-state index contributed by atoms with van der Waals surface area (Å²) in [5, 5.41) is 3.92. The lowest BCUT2D eigenvalue weighted by Gasteiger charge is -2.37. The molecule has 2 nitrogen and oxygen atoms in total. The lowest BCUT2D eigenvalue weighted by molar-refractivity contribution is 0.155. The van der Waals surface area contributed by atoms with Crippen molar-refractivity contribution < 1.29 is 0 Å². The zero-order valence-electron chi connectivity index (χ0n) is 12.5. The van der Waals surface area contributed by atoms with Gasteiger partial charge in [-0.15, -0.1) is 0 Å². The van der Waals surface area contributed by atoms with E-state index >= 15 is 0 Å². The summed E-state index contributed by atoms with van der Waals surface area (Å²) in [4.78, 5) is 2.64. The van der Waals surface area contributed by atoms with Gasteiger partial charge in [-0.25, -0.2) is 0 Å². The average Bonchev–Trinajstić information content (AvgIpc) is 2.41. The minimum absolute atomic E-state index is 0.733. The van der Waals surface area contributed by atoms with Crippen molar-refractivity contribution in [1.82, 2.24) is 10.2 Å². The van der Waals surface area contributed by atoms with Crippen molar-refractivity contribution in [3.8, 4) is 0 Å². The Morgan fingerprint density at radius 1 is 1.06 bits per heavy atom. The van der Waals surface area contributed by atoms with Crippen molar-refractivity contribution in [3.05, 3.63) is 0 Å². The van der Waals surface area contributed by atoms with Crippen LogP contribution in [0.25, 0.3) is 0 Å². The third-order valence-corrected chi connectivity index (χ3v) is 4.98. The monoisotopic (exact) mass is 252 g/mol. The van der Waals surface area contributed by atoms with Gasteiger partial charge in [0, 0.05) is 12.1 Å². The van der Waals surface area contributed by atoms with Gasteiger partial charge in [-0.1, -0.05) is 26.2 Å².